The zero-order valence-corrected chi connectivity index (χ0v) is 21.2. The van der Waals surface area contributed by atoms with Crippen LogP contribution in [0.25, 0.3) is 11.1 Å². The average Bonchev–Trinajstić information content (AvgIpc) is 3.28. The van der Waals surface area contributed by atoms with Crippen molar-refractivity contribution in [3.8, 4) is 11.1 Å². The zero-order chi connectivity index (χ0) is 24.7. The number of carbonyl (C=O) groups is 1. The molecule has 0 N–H and O–H groups in total. The number of morpholine rings is 1. The lowest BCUT2D eigenvalue weighted by atomic mass is 10.0. The van der Waals surface area contributed by atoms with Gasteiger partial charge < -0.3 is 9.64 Å². The van der Waals surface area contributed by atoms with Gasteiger partial charge >= 0.3 is 0 Å². The Morgan fingerprint density at radius 3 is 2.11 bits per heavy atom. The standard InChI is InChI=1S/C28H30N2O4S/c1-19-16-20(2)27(21(3)17-19)35(32,33)30-11-10-25-18-24(8-9-26(25)30)22-4-6-23(7-5-22)28(31)29-12-14-34-15-13-29/h4-9,16-18H,10-15H2,1-3H3. The summed E-state index contributed by atoms with van der Waals surface area (Å²) < 4.78 is 34.1. The van der Waals surface area contributed by atoms with Gasteiger partial charge in [-0.3, -0.25) is 9.10 Å². The van der Waals surface area contributed by atoms with Crippen molar-refractivity contribution in [2.24, 2.45) is 0 Å². The summed E-state index contributed by atoms with van der Waals surface area (Å²) in [5.74, 6) is 0.0244. The Labute approximate surface area is 207 Å². The monoisotopic (exact) mass is 490 g/mol. The summed E-state index contributed by atoms with van der Waals surface area (Å²) in [6.07, 6.45) is 0.667. The largest absolute Gasteiger partial charge is 0.378 e. The van der Waals surface area contributed by atoms with E-state index in [1.54, 1.807) is 4.31 Å². The van der Waals surface area contributed by atoms with Gasteiger partial charge in [0, 0.05) is 25.2 Å². The van der Waals surface area contributed by atoms with E-state index in [9.17, 15) is 13.2 Å². The molecule has 2 heterocycles. The summed E-state index contributed by atoms with van der Waals surface area (Å²) in [4.78, 5) is 14.9. The topological polar surface area (TPSA) is 66.9 Å². The van der Waals surface area contributed by atoms with Crippen LogP contribution in [-0.2, 0) is 21.2 Å². The molecule has 5 rings (SSSR count). The number of hydrogen-bond acceptors (Lipinski definition) is 4. The first-order valence-electron chi connectivity index (χ1n) is 12.0. The third kappa shape index (κ3) is 4.34. The van der Waals surface area contributed by atoms with Crippen LogP contribution in [0, 0.1) is 20.8 Å². The fourth-order valence-electron chi connectivity index (χ4n) is 5.24. The zero-order valence-electron chi connectivity index (χ0n) is 20.4. The number of rotatable bonds is 4. The van der Waals surface area contributed by atoms with Crippen LogP contribution in [0.15, 0.2) is 59.5 Å². The van der Waals surface area contributed by atoms with Crippen molar-refractivity contribution in [3.63, 3.8) is 0 Å². The summed E-state index contributed by atoms with van der Waals surface area (Å²) in [6.45, 7) is 8.53. The molecule has 0 saturated carbocycles. The number of carbonyl (C=O) groups excluding carboxylic acids is 1. The Bertz CT molecular complexity index is 1370. The SMILES string of the molecule is Cc1cc(C)c(S(=O)(=O)N2CCc3cc(-c4ccc(C(=O)N5CCOCC5)cc4)ccc32)c(C)c1. The van der Waals surface area contributed by atoms with Crippen LogP contribution in [-0.4, -0.2) is 52.1 Å². The number of sulfonamides is 1. The Balaban J connectivity index is 1.40. The number of benzene rings is 3. The van der Waals surface area contributed by atoms with E-state index in [0.29, 0.717) is 49.7 Å². The van der Waals surface area contributed by atoms with E-state index < -0.39 is 10.0 Å². The molecule has 0 unspecified atom stereocenters. The van der Waals surface area contributed by atoms with E-state index in [-0.39, 0.29) is 5.91 Å². The molecule has 0 atom stereocenters. The van der Waals surface area contributed by atoms with Gasteiger partial charge in [-0.25, -0.2) is 8.42 Å². The highest BCUT2D eigenvalue weighted by Gasteiger charge is 2.33. The second-order valence-electron chi connectivity index (χ2n) is 9.38. The van der Waals surface area contributed by atoms with Gasteiger partial charge in [0.05, 0.1) is 23.8 Å². The molecule has 182 valence electrons. The van der Waals surface area contributed by atoms with Crippen molar-refractivity contribution in [2.75, 3.05) is 37.2 Å². The van der Waals surface area contributed by atoms with Gasteiger partial charge in [0.2, 0.25) is 0 Å². The molecule has 6 nitrogen and oxygen atoms in total. The molecular formula is C28H30N2O4S. The van der Waals surface area contributed by atoms with Gasteiger partial charge in [-0.15, -0.1) is 0 Å². The van der Waals surface area contributed by atoms with Crippen molar-refractivity contribution in [1.29, 1.82) is 0 Å². The minimum atomic E-state index is -3.65. The van der Waals surface area contributed by atoms with Crippen molar-refractivity contribution in [2.45, 2.75) is 32.1 Å². The highest BCUT2D eigenvalue weighted by molar-refractivity contribution is 7.93. The highest BCUT2D eigenvalue weighted by atomic mass is 32.2. The van der Waals surface area contributed by atoms with Crippen molar-refractivity contribution in [1.82, 2.24) is 4.90 Å². The third-order valence-corrected chi connectivity index (χ3v) is 8.97. The summed E-state index contributed by atoms with van der Waals surface area (Å²) in [5, 5.41) is 0. The second-order valence-corrected chi connectivity index (χ2v) is 11.2. The number of amides is 1. The molecule has 0 aromatic heterocycles. The number of nitrogens with zero attached hydrogens (tertiary/aromatic N) is 2. The maximum Gasteiger partial charge on any atom is 0.264 e. The van der Waals surface area contributed by atoms with Crippen LogP contribution in [0.4, 0.5) is 5.69 Å². The van der Waals surface area contributed by atoms with Crippen LogP contribution in [0.1, 0.15) is 32.6 Å². The van der Waals surface area contributed by atoms with E-state index >= 15 is 0 Å². The van der Waals surface area contributed by atoms with E-state index in [4.69, 9.17) is 4.74 Å². The maximum absolute atomic E-state index is 13.6. The molecule has 2 aliphatic heterocycles. The Kier molecular flexibility index (Phi) is 6.15. The quantitative estimate of drug-likeness (QED) is 0.540. The lowest BCUT2D eigenvalue weighted by Crippen LogP contribution is -2.40. The molecule has 1 saturated heterocycles. The Morgan fingerprint density at radius 2 is 1.46 bits per heavy atom. The van der Waals surface area contributed by atoms with Gasteiger partial charge in [0.1, 0.15) is 0 Å². The van der Waals surface area contributed by atoms with E-state index in [1.165, 1.54) is 0 Å². The Morgan fingerprint density at radius 1 is 0.829 bits per heavy atom. The van der Waals surface area contributed by atoms with E-state index in [2.05, 4.69) is 6.07 Å². The van der Waals surface area contributed by atoms with Crippen LogP contribution < -0.4 is 4.31 Å². The van der Waals surface area contributed by atoms with Gasteiger partial charge in [-0.2, -0.15) is 0 Å². The van der Waals surface area contributed by atoms with Crippen molar-refractivity contribution < 1.29 is 17.9 Å². The lowest BCUT2D eigenvalue weighted by molar-refractivity contribution is 0.0303. The van der Waals surface area contributed by atoms with E-state index in [1.807, 2.05) is 74.2 Å². The minimum absolute atomic E-state index is 0.0244. The molecule has 0 bridgehead atoms. The van der Waals surface area contributed by atoms with Crippen LogP contribution in [0.3, 0.4) is 0 Å². The summed E-state index contributed by atoms with van der Waals surface area (Å²) >= 11 is 0. The first kappa shape index (κ1) is 23.6. The molecule has 0 spiro atoms. The predicted octanol–water partition coefficient (Wildman–Crippen LogP) is 4.50. The molecule has 35 heavy (non-hydrogen) atoms. The second kappa shape index (κ2) is 9.13. The first-order chi connectivity index (χ1) is 16.8. The Hall–Kier alpha value is -3.16. The molecule has 0 aliphatic carbocycles. The maximum atomic E-state index is 13.6. The third-order valence-electron chi connectivity index (χ3n) is 6.85. The molecular weight excluding hydrogens is 460 g/mol. The van der Waals surface area contributed by atoms with Gasteiger partial charge in [0.25, 0.3) is 15.9 Å². The highest BCUT2D eigenvalue weighted by Crippen LogP contribution is 2.37. The molecule has 3 aromatic rings. The molecule has 1 fully saturated rings. The summed E-state index contributed by atoms with van der Waals surface area (Å²) in [7, 11) is -3.65. The van der Waals surface area contributed by atoms with Gasteiger partial charge in [-0.05, 0) is 79.3 Å². The number of aryl methyl sites for hydroxylation is 3. The fourth-order valence-corrected chi connectivity index (χ4v) is 7.16. The van der Waals surface area contributed by atoms with Crippen molar-refractivity contribution >= 4 is 21.6 Å². The minimum Gasteiger partial charge on any atom is -0.378 e. The van der Waals surface area contributed by atoms with Crippen LogP contribution in [0.5, 0.6) is 0 Å². The van der Waals surface area contributed by atoms with Crippen molar-refractivity contribution in [3.05, 3.63) is 82.4 Å². The number of hydrogen-bond donors (Lipinski definition) is 0. The summed E-state index contributed by atoms with van der Waals surface area (Å²) in [6, 6.07) is 17.4. The summed E-state index contributed by atoms with van der Waals surface area (Å²) in [5.41, 5.74) is 7.04. The molecule has 1 amide bonds. The lowest BCUT2D eigenvalue weighted by Gasteiger charge is -2.26. The normalized spacial score (nSPS) is 15.9. The number of anilines is 1. The molecule has 2 aliphatic rings. The van der Waals surface area contributed by atoms with Crippen LogP contribution in [0.2, 0.25) is 0 Å². The van der Waals surface area contributed by atoms with E-state index in [0.717, 1.165) is 39.1 Å². The average molecular weight is 491 g/mol. The van der Waals surface area contributed by atoms with Gasteiger partial charge in [0.15, 0.2) is 0 Å². The number of ether oxygens (including phenoxy) is 1. The molecule has 3 aromatic carbocycles. The fraction of sp³-hybridized carbons (Fsp3) is 0.321. The van der Waals surface area contributed by atoms with Gasteiger partial charge in [-0.1, -0.05) is 35.9 Å². The number of fused-ring (bicyclic) bond motifs is 1. The molecule has 0 radical (unpaired) electrons. The first-order valence-corrected chi connectivity index (χ1v) is 13.4. The van der Waals surface area contributed by atoms with Crippen LogP contribution >= 0.6 is 0 Å². The predicted molar refractivity (Wildman–Crippen MR) is 137 cm³/mol. The smallest absolute Gasteiger partial charge is 0.264 e. The molecule has 7 heteroatoms.